The van der Waals surface area contributed by atoms with Crippen molar-refractivity contribution in [3.8, 4) is 0 Å². The first-order valence-corrected chi connectivity index (χ1v) is 7.70. The fourth-order valence-corrected chi connectivity index (χ4v) is 2.10. The molecule has 0 fully saturated rings. The molecular formula is C15H24BrNO3. The van der Waals surface area contributed by atoms with Crippen molar-refractivity contribution in [3.05, 3.63) is 34.3 Å². The summed E-state index contributed by atoms with van der Waals surface area (Å²) >= 11 is 3.43. The molecule has 1 aromatic rings. The van der Waals surface area contributed by atoms with Crippen molar-refractivity contribution in [2.75, 3.05) is 26.4 Å². The van der Waals surface area contributed by atoms with Crippen LogP contribution in [0.1, 0.15) is 19.4 Å². The van der Waals surface area contributed by atoms with Gasteiger partial charge in [-0.2, -0.15) is 0 Å². The Bertz CT molecular complexity index is 374. The highest BCUT2D eigenvalue weighted by atomic mass is 79.9. The van der Waals surface area contributed by atoms with Crippen molar-refractivity contribution in [2.24, 2.45) is 0 Å². The summed E-state index contributed by atoms with van der Waals surface area (Å²) in [6.07, 6.45) is -0.281. The Morgan fingerprint density at radius 2 is 2.10 bits per heavy atom. The van der Waals surface area contributed by atoms with Crippen LogP contribution in [0, 0.1) is 0 Å². The largest absolute Gasteiger partial charge is 0.389 e. The van der Waals surface area contributed by atoms with Crippen molar-refractivity contribution in [1.29, 1.82) is 0 Å². The van der Waals surface area contributed by atoms with Gasteiger partial charge in [0.05, 0.1) is 32.0 Å². The smallest absolute Gasteiger partial charge is 0.0897 e. The van der Waals surface area contributed by atoms with E-state index in [1.54, 1.807) is 0 Å². The molecule has 2 N–H and O–H groups in total. The van der Waals surface area contributed by atoms with E-state index < -0.39 is 6.10 Å². The van der Waals surface area contributed by atoms with E-state index in [4.69, 9.17) is 9.47 Å². The summed E-state index contributed by atoms with van der Waals surface area (Å²) in [5.74, 6) is 0. The van der Waals surface area contributed by atoms with Gasteiger partial charge in [-0.15, -0.1) is 0 Å². The normalized spacial score (nSPS) is 12.8. The molecule has 0 saturated heterocycles. The van der Waals surface area contributed by atoms with E-state index in [0.717, 1.165) is 11.0 Å². The number of hydrogen-bond donors (Lipinski definition) is 2. The lowest BCUT2D eigenvalue weighted by Gasteiger charge is -2.13. The molecule has 0 saturated carbocycles. The number of aliphatic hydroxyl groups is 1. The summed E-state index contributed by atoms with van der Waals surface area (Å²) in [5.41, 5.74) is 1.18. The second-order valence-electron chi connectivity index (χ2n) is 4.91. The molecule has 0 spiro atoms. The van der Waals surface area contributed by atoms with Crippen LogP contribution in [0.15, 0.2) is 28.7 Å². The maximum atomic E-state index is 9.75. The molecule has 20 heavy (non-hydrogen) atoms. The predicted octanol–water partition coefficient (Wildman–Crippen LogP) is 2.34. The molecule has 1 rings (SSSR count). The molecule has 0 aliphatic heterocycles. The molecule has 0 heterocycles. The van der Waals surface area contributed by atoms with Crippen molar-refractivity contribution < 1.29 is 14.6 Å². The van der Waals surface area contributed by atoms with E-state index in [1.807, 2.05) is 32.0 Å². The summed E-state index contributed by atoms with van der Waals surface area (Å²) < 4.78 is 11.8. The molecule has 0 aromatic heterocycles. The standard InChI is InChI=1S/C15H24BrNO3/c1-12(2)20-7-6-19-11-15(18)10-17-9-13-4-3-5-14(16)8-13/h3-5,8,12,15,17-18H,6-7,9-11H2,1-2H3. The Balaban J connectivity index is 2.04. The van der Waals surface area contributed by atoms with Crippen molar-refractivity contribution in [3.63, 3.8) is 0 Å². The zero-order valence-electron chi connectivity index (χ0n) is 12.1. The first-order valence-electron chi connectivity index (χ1n) is 6.90. The Morgan fingerprint density at radius 1 is 1.30 bits per heavy atom. The highest BCUT2D eigenvalue weighted by Crippen LogP contribution is 2.11. The molecular weight excluding hydrogens is 322 g/mol. The maximum Gasteiger partial charge on any atom is 0.0897 e. The van der Waals surface area contributed by atoms with E-state index in [-0.39, 0.29) is 6.10 Å². The van der Waals surface area contributed by atoms with Crippen LogP contribution in [-0.2, 0) is 16.0 Å². The van der Waals surface area contributed by atoms with Gasteiger partial charge in [-0.05, 0) is 31.5 Å². The molecule has 114 valence electrons. The predicted molar refractivity (Wildman–Crippen MR) is 83.8 cm³/mol. The first-order chi connectivity index (χ1) is 9.58. The van der Waals surface area contributed by atoms with Gasteiger partial charge in [-0.3, -0.25) is 0 Å². The molecule has 1 atom stereocenters. The SMILES string of the molecule is CC(C)OCCOCC(O)CNCc1cccc(Br)c1. The number of benzene rings is 1. The monoisotopic (exact) mass is 345 g/mol. The van der Waals surface area contributed by atoms with E-state index in [9.17, 15) is 5.11 Å². The minimum absolute atomic E-state index is 0.218. The van der Waals surface area contributed by atoms with Crippen LogP contribution in [0.4, 0.5) is 0 Å². The van der Waals surface area contributed by atoms with Gasteiger partial charge in [0.2, 0.25) is 0 Å². The third-order valence-corrected chi connectivity index (χ3v) is 3.08. The average Bonchev–Trinajstić information content (AvgIpc) is 2.38. The number of halogens is 1. The lowest BCUT2D eigenvalue weighted by molar-refractivity contribution is -0.0100. The van der Waals surface area contributed by atoms with Gasteiger partial charge in [0.15, 0.2) is 0 Å². The van der Waals surface area contributed by atoms with Gasteiger partial charge in [-0.1, -0.05) is 28.1 Å². The van der Waals surface area contributed by atoms with Crippen LogP contribution in [0.5, 0.6) is 0 Å². The average molecular weight is 346 g/mol. The number of ether oxygens (including phenoxy) is 2. The Morgan fingerprint density at radius 3 is 2.80 bits per heavy atom. The Labute approximate surface area is 129 Å². The molecule has 0 aliphatic carbocycles. The molecule has 1 unspecified atom stereocenters. The summed E-state index contributed by atoms with van der Waals surface area (Å²) in [6, 6.07) is 8.09. The minimum atomic E-state index is -0.499. The second-order valence-corrected chi connectivity index (χ2v) is 5.82. The summed E-state index contributed by atoms with van der Waals surface area (Å²) in [4.78, 5) is 0. The van der Waals surface area contributed by atoms with Crippen molar-refractivity contribution >= 4 is 15.9 Å². The van der Waals surface area contributed by atoms with Gasteiger partial charge >= 0.3 is 0 Å². The van der Waals surface area contributed by atoms with Crippen LogP contribution >= 0.6 is 15.9 Å². The zero-order chi connectivity index (χ0) is 14.8. The van der Waals surface area contributed by atoms with Crippen LogP contribution < -0.4 is 5.32 Å². The van der Waals surface area contributed by atoms with Gasteiger partial charge in [0, 0.05) is 17.6 Å². The number of nitrogens with one attached hydrogen (secondary N) is 1. The van der Waals surface area contributed by atoms with E-state index >= 15 is 0 Å². The number of aliphatic hydroxyl groups excluding tert-OH is 1. The van der Waals surface area contributed by atoms with Crippen LogP contribution in [0.25, 0.3) is 0 Å². The molecule has 0 amide bonds. The minimum Gasteiger partial charge on any atom is -0.389 e. The molecule has 0 radical (unpaired) electrons. The van der Waals surface area contributed by atoms with E-state index in [0.29, 0.717) is 26.4 Å². The van der Waals surface area contributed by atoms with Crippen LogP contribution in [-0.4, -0.2) is 43.7 Å². The third-order valence-electron chi connectivity index (χ3n) is 2.59. The van der Waals surface area contributed by atoms with Crippen molar-refractivity contribution in [2.45, 2.75) is 32.6 Å². The topological polar surface area (TPSA) is 50.7 Å². The lowest BCUT2D eigenvalue weighted by atomic mass is 10.2. The number of rotatable bonds is 10. The lowest BCUT2D eigenvalue weighted by Crippen LogP contribution is -2.30. The summed E-state index contributed by atoms with van der Waals surface area (Å²) in [6.45, 7) is 6.62. The Kier molecular flexibility index (Phi) is 9.05. The van der Waals surface area contributed by atoms with Crippen molar-refractivity contribution in [1.82, 2.24) is 5.32 Å². The maximum absolute atomic E-state index is 9.75. The van der Waals surface area contributed by atoms with E-state index in [2.05, 4.69) is 27.3 Å². The van der Waals surface area contributed by atoms with Gasteiger partial charge < -0.3 is 19.9 Å². The highest BCUT2D eigenvalue weighted by molar-refractivity contribution is 9.10. The molecule has 4 nitrogen and oxygen atoms in total. The van der Waals surface area contributed by atoms with Gasteiger partial charge in [0.1, 0.15) is 0 Å². The summed E-state index contributed by atoms with van der Waals surface area (Å²) in [5, 5.41) is 13.0. The quantitative estimate of drug-likeness (QED) is 0.639. The highest BCUT2D eigenvalue weighted by Gasteiger charge is 2.04. The molecule has 5 heteroatoms. The molecule has 0 aliphatic rings. The number of hydrogen-bond acceptors (Lipinski definition) is 4. The van der Waals surface area contributed by atoms with Crippen LogP contribution in [0.2, 0.25) is 0 Å². The van der Waals surface area contributed by atoms with E-state index in [1.165, 1.54) is 5.56 Å². The summed E-state index contributed by atoms with van der Waals surface area (Å²) in [7, 11) is 0. The van der Waals surface area contributed by atoms with Crippen LogP contribution in [0.3, 0.4) is 0 Å². The van der Waals surface area contributed by atoms with Gasteiger partial charge in [-0.25, -0.2) is 0 Å². The second kappa shape index (κ2) is 10.3. The fourth-order valence-electron chi connectivity index (χ4n) is 1.65. The zero-order valence-corrected chi connectivity index (χ0v) is 13.7. The molecule has 1 aromatic carbocycles. The fraction of sp³-hybridized carbons (Fsp3) is 0.600. The molecule has 0 bridgehead atoms. The Hall–Kier alpha value is -0.460. The first kappa shape index (κ1) is 17.6. The van der Waals surface area contributed by atoms with Gasteiger partial charge in [0.25, 0.3) is 0 Å². The third kappa shape index (κ3) is 8.66.